The van der Waals surface area contributed by atoms with Crippen LogP contribution in [0.4, 0.5) is 0 Å². The highest BCUT2D eigenvalue weighted by molar-refractivity contribution is 5.82. The van der Waals surface area contributed by atoms with E-state index in [1.807, 2.05) is 6.92 Å². The van der Waals surface area contributed by atoms with Crippen molar-refractivity contribution in [3.8, 4) is 0 Å². The molecule has 1 aliphatic carbocycles. The van der Waals surface area contributed by atoms with Crippen molar-refractivity contribution in [1.29, 1.82) is 0 Å². The Balaban J connectivity index is 2.34. The summed E-state index contributed by atoms with van der Waals surface area (Å²) in [4.78, 5) is 24.6. The molecule has 96 valence electrons. The maximum Gasteiger partial charge on any atom is 0.330 e. The van der Waals surface area contributed by atoms with Crippen LogP contribution in [0.1, 0.15) is 32.6 Å². The minimum atomic E-state index is -0.983. The third-order valence-electron chi connectivity index (χ3n) is 4.13. The molecule has 0 radical (unpaired) electrons. The standard InChI is InChI=1S/C12H20N2O3/c1-2-9-7-13-6-5-12(9,11(16)17)14(8-15)10-3-4-10/h8-10,13H,2-7H2,1H3,(H,16,17). The molecule has 0 spiro atoms. The number of nitrogens with one attached hydrogen (secondary N) is 1. The second kappa shape index (κ2) is 4.64. The fourth-order valence-electron chi connectivity index (χ4n) is 3.00. The number of nitrogens with zero attached hydrogens (tertiary/aromatic N) is 1. The maximum absolute atomic E-state index is 11.7. The number of carboxylic acid groups (broad SMARTS) is 1. The van der Waals surface area contributed by atoms with Crippen LogP contribution < -0.4 is 5.32 Å². The lowest BCUT2D eigenvalue weighted by molar-refractivity contribution is -0.162. The van der Waals surface area contributed by atoms with E-state index in [0.29, 0.717) is 19.5 Å². The van der Waals surface area contributed by atoms with Gasteiger partial charge in [0.2, 0.25) is 6.41 Å². The molecule has 2 N–H and O–H groups in total. The van der Waals surface area contributed by atoms with Crippen LogP contribution in [0.15, 0.2) is 0 Å². The number of amides is 1. The summed E-state index contributed by atoms with van der Waals surface area (Å²) in [6.45, 7) is 3.34. The smallest absolute Gasteiger partial charge is 0.330 e. The summed E-state index contributed by atoms with van der Waals surface area (Å²) in [6.07, 6.45) is 3.92. The third kappa shape index (κ3) is 1.92. The molecule has 0 aromatic heterocycles. The van der Waals surface area contributed by atoms with Crippen LogP contribution in [-0.4, -0.2) is 47.1 Å². The lowest BCUT2D eigenvalue weighted by Crippen LogP contribution is -2.65. The van der Waals surface area contributed by atoms with Crippen LogP contribution in [0.25, 0.3) is 0 Å². The molecule has 2 unspecified atom stereocenters. The predicted molar refractivity (Wildman–Crippen MR) is 62.6 cm³/mol. The van der Waals surface area contributed by atoms with Crippen LogP contribution in [0.2, 0.25) is 0 Å². The SMILES string of the molecule is CCC1CNCCC1(C(=O)O)N(C=O)C1CC1. The van der Waals surface area contributed by atoms with Gasteiger partial charge in [0, 0.05) is 18.5 Å². The molecular formula is C12H20N2O3. The second-order valence-corrected chi connectivity index (χ2v) is 5.03. The van der Waals surface area contributed by atoms with Crippen molar-refractivity contribution in [2.75, 3.05) is 13.1 Å². The molecule has 1 heterocycles. The highest BCUT2D eigenvalue weighted by Gasteiger charge is 2.54. The Bertz CT molecular complexity index is 317. The Morgan fingerprint density at radius 3 is 2.76 bits per heavy atom. The quantitative estimate of drug-likeness (QED) is 0.685. The van der Waals surface area contributed by atoms with Crippen molar-refractivity contribution in [2.24, 2.45) is 5.92 Å². The Labute approximate surface area is 101 Å². The van der Waals surface area contributed by atoms with E-state index in [1.54, 1.807) is 4.90 Å². The first-order valence-electron chi connectivity index (χ1n) is 6.34. The number of carbonyl (C=O) groups excluding carboxylic acids is 1. The first kappa shape index (κ1) is 12.4. The number of carboxylic acids is 1. The van der Waals surface area contributed by atoms with Crippen LogP contribution >= 0.6 is 0 Å². The van der Waals surface area contributed by atoms with E-state index in [2.05, 4.69) is 5.32 Å². The number of hydrogen-bond donors (Lipinski definition) is 2. The van der Waals surface area contributed by atoms with Gasteiger partial charge in [0.05, 0.1) is 0 Å². The van der Waals surface area contributed by atoms with Gasteiger partial charge in [-0.25, -0.2) is 4.79 Å². The molecule has 17 heavy (non-hydrogen) atoms. The predicted octanol–water partition coefficient (Wildman–Crippen LogP) is 0.450. The third-order valence-corrected chi connectivity index (χ3v) is 4.13. The first-order valence-corrected chi connectivity index (χ1v) is 6.34. The van der Waals surface area contributed by atoms with Crippen LogP contribution in [0.3, 0.4) is 0 Å². The number of aliphatic carboxylic acids is 1. The van der Waals surface area contributed by atoms with E-state index in [9.17, 15) is 14.7 Å². The lowest BCUT2D eigenvalue weighted by atomic mass is 9.75. The zero-order valence-electron chi connectivity index (χ0n) is 10.2. The maximum atomic E-state index is 11.7. The van der Waals surface area contributed by atoms with Crippen molar-refractivity contribution in [3.05, 3.63) is 0 Å². The average molecular weight is 240 g/mol. The van der Waals surface area contributed by atoms with Crippen molar-refractivity contribution < 1.29 is 14.7 Å². The topological polar surface area (TPSA) is 69.6 Å². The molecule has 2 fully saturated rings. The summed E-state index contributed by atoms with van der Waals surface area (Å²) in [7, 11) is 0. The summed E-state index contributed by atoms with van der Waals surface area (Å²) < 4.78 is 0. The van der Waals surface area contributed by atoms with Gasteiger partial charge in [0.1, 0.15) is 5.54 Å². The molecule has 0 aromatic carbocycles. The zero-order valence-corrected chi connectivity index (χ0v) is 10.2. The van der Waals surface area contributed by atoms with Gasteiger partial charge in [-0.05, 0) is 32.2 Å². The summed E-state index contributed by atoms with van der Waals surface area (Å²) in [5.74, 6) is -0.843. The van der Waals surface area contributed by atoms with Crippen LogP contribution in [-0.2, 0) is 9.59 Å². The molecule has 2 rings (SSSR count). The molecule has 2 aliphatic rings. The van der Waals surface area contributed by atoms with E-state index >= 15 is 0 Å². The molecule has 5 nitrogen and oxygen atoms in total. The number of rotatable bonds is 5. The zero-order chi connectivity index (χ0) is 12.5. The number of piperidine rings is 1. The summed E-state index contributed by atoms with van der Waals surface area (Å²) >= 11 is 0. The van der Waals surface area contributed by atoms with Crippen molar-refractivity contribution >= 4 is 12.4 Å². The van der Waals surface area contributed by atoms with E-state index in [0.717, 1.165) is 25.7 Å². The van der Waals surface area contributed by atoms with Gasteiger partial charge in [-0.15, -0.1) is 0 Å². The van der Waals surface area contributed by atoms with E-state index in [4.69, 9.17) is 0 Å². The highest BCUT2D eigenvalue weighted by Crippen LogP contribution is 2.40. The fraction of sp³-hybridized carbons (Fsp3) is 0.833. The molecule has 1 aliphatic heterocycles. The van der Waals surface area contributed by atoms with Gasteiger partial charge in [-0.2, -0.15) is 0 Å². The van der Waals surface area contributed by atoms with Gasteiger partial charge in [0.15, 0.2) is 0 Å². The van der Waals surface area contributed by atoms with E-state index in [1.165, 1.54) is 0 Å². The average Bonchev–Trinajstić information content (AvgIpc) is 3.14. The Kier molecular flexibility index (Phi) is 3.38. The molecule has 0 bridgehead atoms. The van der Waals surface area contributed by atoms with Gasteiger partial charge in [-0.1, -0.05) is 6.92 Å². The number of hydrogen-bond acceptors (Lipinski definition) is 3. The molecule has 1 saturated carbocycles. The monoisotopic (exact) mass is 240 g/mol. The summed E-state index contributed by atoms with van der Waals surface area (Å²) in [5, 5.41) is 12.9. The first-order chi connectivity index (χ1) is 8.16. The van der Waals surface area contributed by atoms with Crippen molar-refractivity contribution in [1.82, 2.24) is 10.2 Å². The van der Waals surface area contributed by atoms with Gasteiger partial charge >= 0.3 is 5.97 Å². The van der Waals surface area contributed by atoms with Crippen LogP contribution in [0, 0.1) is 5.92 Å². The Hall–Kier alpha value is -1.10. The molecule has 5 heteroatoms. The van der Waals surface area contributed by atoms with Gasteiger partial charge in [0.25, 0.3) is 0 Å². The van der Waals surface area contributed by atoms with Crippen molar-refractivity contribution in [2.45, 2.75) is 44.2 Å². The van der Waals surface area contributed by atoms with E-state index < -0.39 is 11.5 Å². The van der Waals surface area contributed by atoms with Crippen LogP contribution in [0.5, 0.6) is 0 Å². The summed E-state index contributed by atoms with van der Waals surface area (Å²) in [6, 6.07) is 0.149. The summed E-state index contributed by atoms with van der Waals surface area (Å²) in [5.41, 5.74) is -0.983. The Morgan fingerprint density at radius 1 is 1.59 bits per heavy atom. The van der Waals surface area contributed by atoms with Crippen molar-refractivity contribution in [3.63, 3.8) is 0 Å². The molecule has 0 aromatic rings. The minimum absolute atomic E-state index is 0.000417. The minimum Gasteiger partial charge on any atom is -0.479 e. The molecule has 1 saturated heterocycles. The normalized spacial score (nSPS) is 33.1. The molecule has 2 atom stereocenters. The second-order valence-electron chi connectivity index (χ2n) is 5.03. The van der Waals surface area contributed by atoms with E-state index in [-0.39, 0.29) is 12.0 Å². The highest BCUT2D eigenvalue weighted by atomic mass is 16.4. The molecular weight excluding hydrogens is 220 g/mol. The largest absolute Gasteiger partial charge is 0.479 e. The lowest BCUT2D eigenvalue weighted by Gasteiger charge is -2.47. The van der Waals surface area contributed by atoms with Gasteiger partial charge in [-0.3, -0.25) is 4.79 Å². The number of carbonyl (C=O) groups is 2. The molecule has 1 amide bonds. The fourth-order valence-corrected chi connectivity index (χ4v) is 3.00. The van der Waals surface area contributed by atoms with Gasteiger partial charge < -0.3 is 15.3 Å². The Morgan fingerprint density at radius 2 is 2.29 bits per heavy atom.